The van der Waals surface area contributed by atoms with Crippen molar-refractivity contribution in [3.05, 3.63) is 0 Å². The third kappa shape index (κ3) is 3.69. The van der Waals surface area contributed by atoms with Gasteiger partial charge in [-0.05, 0) is 32.6 Å². The van der Waals surface area contributed by atoms with E-state index in [0.29, 0.717) is 12.1 Å². The van der Waals surface area contributed by atoms with Crippen molar-refractivity contribution in [1.29, 1.82) is 0 Å². The summed E-state index contributed by atoms with van der Waals surface area (Å²) in [6.07, 6.45) is 2.12. The van der Waals surface area contributed by atoms with Crippen LogP contribution in [0.15, 0.2) is 0 Å². The molecule has 1 aliphatic rings. The van der Waals surface area contributed by atoms with Crippen molar-refractivity contribution in [2.24, 2.45) is 11.7 Å². The number of nitrogens with two attached hydrogens (primary N) is 1. The fraction of sp³-hybridized carbons (Fsp3) is 0.929. The molecule has 1 saturated heterocycles. The van der Waals surface area contributed by atoms with E-state index in [0.717, 1.165) is 25.9 Å². The molecule has 2 N–H and O–H groups in total. The summed E-state index contributed by atoms with van der Waals surface area (Å²) in [6, 6.07) is 0.598. The maximum absolute atomic E-state index is 12.2. The van der Waals surface area contributed by atoms with Crippen LogP contribution in [-0.2, 0) is 4.79 Å². The molecule has 0 aromatic carbocycles. The molecule has 0 bridgehead atoms. The summed E-state index contributed by atoms with van der Waals surface area (Å²) < 4.78 is 0. The first-order valence-electron chi connectivity index (χ1n) is 7.11. The highest BCUT2D eigenvalue weighted by Crippen LogP contribution is 2.18. The van der Waals surface area contributed by atoms with Crippen molar-refractivity contribution < 1.29 is 4.79 Å². The Hall–Kier alpha value is -0.610. The Morgan fingerprint density at radius 3 is 2.11 bits per heavy atom. The minimum Gasteiger partial charge on any atom is -0.341 e. The highest BCUT2D eigenvalue weighted by atomic mass is 16.2. The van der Waals surface area contributed by atoms with Crippen LogP contribution in [-0.4, -0.2) is 54.0 Å². The number of nitrogens with zero attached hydrogens (tertiary/aromatic N) is 2. The van der Waals surface area contributed by atoms with E-state index in [1.54, 1.807) is 0 Å². The molecular weight excluding hydrogens is 226 g/mol. The molecule has 18 heavy (non-hydrogen) atoms. The van der Waals surface area contributed by atoms with E-state index in [4.69, 9.17) is 5.73 Å². The lowest BCUT2D eigenvalue weighted by molar-refractivity contribution is -0.135. The third-order valence-corrected chi connectivity index (χ3v) is 4.13. The Morgan fingerprint density at radius 2 is 1.72 bits per heavy atom. The number of piperidine rings is 1. The van der Waals surface area contributed by atoms with Gasteiger partial charge in [-0.2, -0.15) is 0 Å². The summed E-state index contributed by atoms with van der Waals surface area (Å²) in [5, 5.41) is 0. The molecule has 0 spiro atoms. The maximum atomic E-state index is 12.2. The predicted octanol–water partition coefficient (Wildman–Crippen LogP) is 1.30. The monoisotopic (exact) mass is 255 g/mol. The molecule has 0 saturated carbocycles. The second-order valence-electron chi connectivity index (χ2n) is 6.08. The van der Waals surface area contributed by atoms with E-state index >= 15 is 0 Å². The van der Waals surface area contributed by atoms with Crippen LogP contribution in [0.5, 0.6) is 0 Å². The lowest BCUT2D eigenvalue weighted by atomic mass is 9.99. The standard InChI is InChI=1S/C14H29N3O/c1-10(2)13(15)14(18)16(5)12-6-8-17(9-7-12)11(3)4/h10-13H,6-9,15H2,1-5H3/t13-/m0/s1. The van der Waals surface area contributed by atoms with Gasteiger partial charge >= 0.3 is 0 Å². The quantitative estimate of drug-likeness (QED) is 0.824. The normalized spacial score (nSPS) is 20.4. The van der Waals surface area contributed by atoms with Crippen molar-refractivity contribution in [1.82, 2.24) is 9.80 Å². The number of likely N-dealkylation sites (tertiary alicyclic amines) is 1. The molecule has 1 fully saturated rings. The highest BCUT2D eigenvalue weighted by Gasteiger charge is 2.29. The summed E-state index contributed by atoms with van der Waals surface area (Å²) >= 11 is 0. The molecule has 1 rings (SSSR count). The zero-order valence-electron chi connectivity index (χ0n) is 12.5. The van der Waals surface area contributed by atoms with Gasteiger partial charge in [0.05, 0.1) is 6.04 Å². The summed E-state index contributed by atoms with van der Waals surface area (Å²) in [5.74, 6) is 0.295. The second-order valence-corrected chi connectivity index (χ2v) is 6.08. The van der Waals surface area contributed by atoms with E-state index in [1.807, 2.05) is 25.8 Å². The number of amides is 1. The van der Waals surface area contributed by atoms with Crippen LogP contribution >= 0.6 is 0 Å². The molecule has 0 aliphatic carbocycles. The second kappa shape index (κ2) is 6.53. The van der Waals surface area contributed by atoms with Gasteiger partial charge in [0.15, 0.2) is 0 Å². The number of carbonyl (C=O) groups excluding carboxylic acids is 1. The lowest BCUT2D eigenvalue weighted by Gasteiger charge is -2.39. The zero-order valence-corrected chi connectivity index (χ0v) is 12.5. The average molecular weight is 255 g/mol. The van der Waals surface area contributed by atoms with Gasteiger partial charge in [-0.25, -0.2) is 0 Å². The molecule has 1 aliphatic heterocycles. The zero-order chi connectivity index (χ0) is 13.9. The van der Waals surface area contributed by atoms with Crippen LogP contribution < -0.4 is 5.73 Å². The third-order valence-electron chi connectivity index (χ3n) is 4.13. The van der Waals surface area contributed by atoms with E-state index in [1.165, 1.54) is 0 Å². The van der Waals surface area contributed by atoms with Crippen LogP contribution in [0.25, 0.3) is 0 Å². The Kier molecular flexibility index (Phi) is 5.60. The van der Waals surface area contributed by atoms with Crippen molar-refractivity contribution in [2.75, 3.05) is 20.1 Å². The Bertz CT molecular complexity index is 270. The fourth-order valence-corrected chi connectivity index (χ4v) is 2.49. The molecule has 106 valence electrons. The molecule has 1 amide bonds. The van der Waals surface area contributed by atoms with E-state index < -0.39 is 0 Å². The summed E-state index contributed by atoms with van der Waals surface area (Å²) in [4.78, 5) is 16.5. The number of likely N-dealkylation sites (N-methyl/N-ethyl adjacent to an activating group) is 1. The van der Waals surface area contributed by atoms with Crippen LogP contribution in [0.2, 0.25) is 0 Å². The van der Waals surface area contributed by atoms with Gasteiger partial charge < -0.3 is 15.5 Å². The van der Waals surface area contributed by atoms with E-state index in [-0.39, 0.29) is 17.9 Å². The summed E-state index contributed by atoms with van der Waals surface area (Å²) in [5.41, 5.74) is 5.94. The molecule has 0 radical (unpaired) electrons. The van der Waals surface area contributed by atoms with Crippen LogP contribution in [0, 0.1) is 5.92 Å². The van der Waals surface area contributed by atoms with Gasteiger partial charge in [-0.3, -0.25) is 4.79 Å². The van der Waals surface area contributed by atoms with Crippen molar-refractivity contribution in [3.8, 4) is 0 Å². The molecule has 1 heterocycles. The first-order valence-corrected chi connectivity index (χ1v) is 7.11. The number of hydrogen-bond acceptors (Lipinski definition) is 3. The first-order chi connectivity index (χ1) is 8.34. The van der Waals surface area contributed by atoms with Gasteiger partial charge in [-0.1, -0.05) is 13.8 Å². The van der Waals surface area contributed by atoms with Gasteiger partial charge in [-0.15, -0.1) is 0 Å². The van der Waals surface area contributed by atoms with Gasteiger partial charge in [0.2, 0.25) is 5.91 Å². The molecule has 1 atom stereocenters. The van der Waals surface area contributed by atoms with Crippen molar-refractivity contribution in [2.45, 2.75) is 58.7 Å². The molecule has 0 unspecified atom stereocenters. The van der Waals surface area contributed by atoms with Gasteiger partial charge in [0.25, 0.3) is 0 Å². The number of rotatable bonds is 4. The molecular formula is C14H29N3O. The Labute approximate surface area is 111 Å². The summed E-state index contributed by atoms with van der Waals surface area (Å²) in [6.45, 7) is 10.6. The van der Waals surface area contributed by atoms with E-state index in [2.05, 4.69) is 18.7 Å². The highest BCUT2D eigenvalue weighted by molar-refractivity contribution is 5.81. The molecule has 4 heteroatoms. The minimum absolute atomic E-state index is 0.0907. The molecule has 4 nitrogen and oxygen atoms in total. The van der Waals surface area contributed by atoms with Crippen LogP contribution in [0.4, 0.5) is 0 Å². The van der Waals surface area contributed by atoms with Crippen LogP contribution in [0.1, 0.15) is 40.5 Å². The van der Waals surface area contributed by atoms with Crippen molar-refractivity contribution >= 4 is 5.91 Å². The fourth-order valence-electron chi connectivity index (χ4n) is 2.49. The minimum atomic E-state index is -0.363. The Balaban J connectivity index is 2.49. The van der Waals surface area contributed by atoms with Crippen LogP contribution in [0.3, 0.4) is 0 Å². The average Bonchev–Trinajstić information content (AvgIpc) is 2.36. The van der Waals surface area contributed by atoms with E-state index in [9.17, 15) is 4.79 Å². The van der Waals surface area contributed by atoms with Gasteiger partial charge in [0.1, 0.15) is 0 Å². The number of hydrogen-bond donors (Lipinski definition) is 1. The SMILES string of the molecule is CC(C)[C@H](N)C(=O)N(C)C1CCN(C(C)C)CC1. The van der Waals surface area contributed by atoms with Gasteiger partial charge in [0, 0.05) is 32.2 Å². The summed E-state index contributed by atoms with van der Waals surface area (Å²) in [7, 11) is 1.90. The first kappa shape index (κ1) is 15.4. The van der Waals surface area contributed by atoms with Crippen molar-refractivity contribution in [3.63, 3.8) is 0 Å². The molecule has 0 aromatic rings. The maximum Gasteiger partial charge on any atom is 0.239 e. The smallest absolute Gasteiger partial charge is 0.239 e. The topological polar surface area (TPSA) is 49.6 Å². The predicted molar refractivity (Wildman–Crippen MR) is 75.3 cm³/mol. The largest absolute Gasteiger partial charge is 0.341 e. The molecule has 0 aromatic heterocycles. The number of carbonyl (C=O) groups is 1. The lowest BCUT2D eigenvalue weighted by Crippen LogP contribution is -2.52. The Morgan fingerprint density at radius 1 is 1.22 bits per heavy atom.